The molecule has 15 nitrogen and oxygen atoms in total. The number of aliphatic carboxylic acids is 3. The molecule has 1 aliphatic rings. The summed E-state index contributed by atoms with van der Waals surface area (Å²) in [4.78, 5) is 50.5. The van der Waals surface area contributed by atoms with Crippen molar-refractivity contribution in [3.8, 4) is 0 Å². The van der Waals surface area contributed by atoms with E-state index in [1.807, 2.05) is 35.2 Å². The highest BCUT2D eigenvalue weighted by Gasteiger charge is 2.25. The molecule has 236 valence electrons. The lowest BCUT2D eigenvalue weighted by molar-refractivity contribution is -0.140. The van der Waals surface area contributed by atoms with Gasteiger partial charge in [0.25, 0.3) is 0 Å². The summed E-state index contributed by atoms with van der Waals surface area (Å²) >= 11 is 0. The molecule has 0 saturated carbocycles. The van der Waals surface area contributed by atoms with Crippen LogP contribution in [0.15, 0.2) is 30.3 Å². The SMILES string of the molecule is O=C(O)CN1CCN(CC(=O)O)CCN(CC(O)CNC(CCc2ccccc2)O[P+](=O)O)CCN(CC(=O)O)CC1. The van der Waals surface area contributed by atoms with Crippen LogP contribution < -0.4 is 5.32 Å². The van der Waals surface area contributed by atoms with E-state index in [1.165, 1.54) is 0 Å². The van der Waals surface area contributed by atoms with Gasteiger partial charge in [-0.1, -0.05) is 30.3 Å². The number of nitrogens with zero attached hydrogens (tertiary/aromatic N) is 4. The number of aryl methyl sites for hydroxylation is 1. The summed E-state index contributed by atoms with van der Waals surface area (Å²) in [6.45, 7) is 2.14. The molecule has 1 aromatic rings. The van der Waals surface area contributed by atoms with Crippen molar-refractivity contribution in [2.45, 2.75) is 25.2 Å². The number of β-amino-alcohol motifs (C(OH)–C–C–N with tert-alkyl or cyclic N) is 1. The van der Waals surface area contributed by atoms with E-state index in [4.69, 9.17) is 4.52 Å². The van der Waals surface area contributed by atoms with Crippen LogP contribution in [-0.4, -0.2) is 160 Å². The monoisotopic (exact) mass is 616 g/mol. The Kier molecular flexibility index (Phi) is 16.6. The number of aliphatic hydroxyl groups excluding tert-OH is 1. The van der Waals surface area contributed by atoms with Crippen LogP contribution in [0.1, 0.15) is 12.0 Å². The first-order valence-electron chi connectivity index (χ1n) is 13.8. The third kappa shape index (κ3) is 16.2. The number of rotatable bonds is 16. The molecule has 16 heteroatoms. The second-order valence-corrected chi connectivity index (χ2v) is 10.9. The molecule has 42 heavy (non-hydrogen) atoms. The number of carboxylic acid groups (broad SMARTS) is 3. The maximum Gasteiger partial charge on any atom is 0.696 e. The van der Waals surface area contributed by atoms with Gasteiger partial charge in [0.2, 0.25) is 0 Å². The van der Waals surface area contributed by atoms with Gasteiger partial charge in [-0.25, -0.2) is 0 Å². The van der Waals surface area contributed by atoms with Crippen molar-refractivity contribution in [1.29, 1.82) is 0 Å². The predicted molar refractivity (Wildman–Crippen MR) is 152 cm³/mol. The van der Waals surface area contributed by atoms with E-state index in [-0.39, 0.29) is 32.7 Å². The zero-order valence-electron chi connectivity index (χ0n) is 23.7. The Morgan fingerprint density at radius 1 is 0.786 bits per heavy atom. The highest BCUT2D eigenvalue weighted by Crippen LogP contribution is 2.20. The average molecular weight is 617 g/mol. The quantitative estimate of drug-likeness (QED) is 0.0978. The Labute approximate surface area is 246 Å². The van der Waals surface area contributed by atoms with Gasteiger partial charge in [0.1, 0.15) is 0 Å². The van der Waals surface area contributed by atoms with Gasteiger partial charge in [-0.3, -0.25) is 39.3 Å². The van der Waals surface area contributed by atoms with Crippen LogP contribution in [0.4, 0.5) is 0 Å². The van der Waals surface area contributed by atoms with Crippen molar-refractivity contribution in [3.05, 3.63) is 35.9 Å². The molecule has 0 radical (unpaired) electrons. The predicted octanol–water partition coefficient (Wildman–Crippen LogP) is -0.962. The van der Waals surface area contributed by atoms with Crippen LogP contribution in [0.5, 0.6) is 0 Å². The Bertz CT molecular complexity index is 959. The standard InChI is InChI=1S/C26H42N5O10P/c32-22(16-27-23(41-42(39)40)7-6-21-4-2-1-3-5-21)17-28-8-10-29(18-24(33)34)12-14-31(20-26(37)38)15-13-30(11-9-28)19-25(35)36/h1-5,22-23,27,32H,6-20H2,(H3-,33,34,35,36,37,38,39,40)/p+1. The first kappa shape index (κ1) is 35.6. The molecule has 1 saturated heterocycles. The number of aliphatic hydroxyl groups is 1. The van der Waals surface area contributed by atoms with Crippen LogP contribution in [0.25, 0.3) is 0 Å². The zero-order valence-corrected chi connectivity index (χ0v) is 24.6. The lowest BCUT2D eigenvalue weighted by Gasteiger charge is -2.33. The van der Waals surface area contributed by atoms with Crippen molar-refractivity contribution < 1.29 is 48.8 Å². The molecule has 0 aromatic heterocycles. The largest absolute Gasteiger partial charge is 0.696 e. The lowest BCUT2D eigenvalue weighted by atomic mass is 10.1. The fourth-order valence-corrected chi connectivity index (χ4v) is 5.08. The molecular weight excluding hydrogens is 573 g/mol. The van der Waals surface area contributed by atoms with Gasteiger partial charge in [0.05, 0.1) is 25.7 Å². The topological polar surface area (TPSA) is 204 Å². The van der Waals surface area contributed by atoms with Gasteiger partial charge in [0, 0.05) is 70.0 Å². The molecule has 1 aliphatic heterocycles. The summed E-state index contributed by atoms with van der Waals surface area (Å²) in [6.07, 6.45) is -0.697. The maximum atomic E-state index is 11.5. The third-order valence-corrected chi connectivity index (χ3v) is 7.25. The fourth-order valence-electron chi connectivity index (χ4n) is 4.68. The molecule has 0 aliphatic carbocycles. The molecular formula is C26H43N5O10P+. The molecule has 6 N–H and O–H groups in total. The first-order chi connectivity index (χ1) is 20.0. The number of benzene rings is 1. The van der Waals surface area contributed by atoms with Crippen LogP contribution in [0.3, 0.4) is 0 Å². The zero-order chi connectivity index (χ0) is 30.9. The van der Waals surface area contributed by atoms with Crippen molar-refractivity contribution in [2.24, 2.45) is 0 Å². The van der Waals surface area contributed by atoms with Gasteiger partial charge in [0.15, 0.2) is 6.23 Å². The van der Waals surface area contributed by atoms with E-state index < -0.39 is 38.5 Å². The van der Waals surface area contributed by atoms with Crippen LogP contribution >= 0.6 is 8.25 Å². The van der Waals surface area contributed by atoms with E-state index in [0.29, 0.717) is 65.2 Å². The van der Waals surface area contributed by atoms with Crippen molar-refractivity contribution in [2.75, 3.05) is 85.1 Å². The average Bonchev–Trinajstić information content (AvgIpc) is 2.91. The summed E-state index contributed by atoms with van der Waals surface area (Å²) in [5.41, 5.74) is 1.03. The molecule has 0 amide bonds. The summed E-state index contributed by atoms with van der Waals surface area (Å²) in [5.74, 6) is -3.05. The van der Waals surface area contributed by atoms with Crippen molar-refractivity contribution in [1.82, 2.24) is 24.9 Å². The summed E-state index contributed by atoms with van der Waals surface area (Å²) in [7, 11) is -2.86. The van der Waals surface area contributed by atoms with Crippen LogP contribution in [-0.2, 0) is 29.9 Å². The van der Waals surface area contributed by atoms with Gasteiger partial charge < -0.3 is 20.4 Å². The van der Waals surface area contributed by atoms with Crippen molar-refractivity contribution in [3.63, 3.8) is 0 Å². The molecule has 3 atom stereocenters. The number of carboxylic acids is 3. The summed E-state index contributed by atoms with van der Waals surface area (Å²) in [6, 6.07) is 9.56. The number of nitrogens with one attached hydrogen (secondary N) is 1. The molecule has 2 rings (SSSR count). The fraction of sp³-hybridized carbons (Fsp3) is 0.654. The van der Waals surface area contributed by atoms with E-state index in [0.717, 1.165) is 5.56 Å². The first-order valence-corrected chi connectivity index (χ1v) is 15.0. The Morgan fingerprint density at radius 2 is 1.21 bits per heavy atom. The number of hydrogen-bond acceptors (Lipinski definition) is 11. The summed E-state index contributed by atoms with van der Waals surface area (Å²) in [5, 5.41) is 41.8. The van der Waals surface area contributed by atoms with Gasteiger partial charge >= 0.3 is 26.2 Å². The van der Waals surface area contributed by atoms with Crippen LogP contribution in [0.2, 0.25) is 0 Å². The highest BCUT2D eigenvalue weighted by atomic mass is 31.1. The number of carbonyl (C=O) groups is 3. The molecule has 1 aromatic carbocycles. The normalized spacial score (nSPS) is 18.9. The van der Waals surface area contributed by atoms with E-state index in [2.05, 4.69) is 5.32 Å². The second-order valence-electron chi connectivity index (χ2n) is 10.2. The second kappa shape index (κ2) is 19.6. The molecule has 1 fully saturated rings. The molecule has 3 unspecified atom stereocenters. The maximum absolute atomic E-state index is 11.5. The lowest BCUT2D eigenvalue weighted by Crippen LogP contribution is -2.50. The molecule has 0 bridgehead atoms. The Balaban J connectivity index is 2.04. The molecule has 0 spiro atoms. The van der Waals surface area contributed by atoms with E-state index in [9.17, 15) is 44.3 Å². The van der Waals surface area contributed by atoms with Gasteiger partial charge in [-0.05, 0) is 18.4 Å². The molecule has 1 heterocycles. The van der Waals surface area contributed by atoms with Gasteiger partial charge in [-0.2, -0.15) is 0 Å². The minimum Gasteiger partial charge on any atom is -0.480 e. The smallest absolute Gasteiger partial charge is 0.480 e. The third-order valence-electron chi connectivity index (χ3n) is 6.81. The van der Waals surface area contributed by atoms with Crippen molar-refractivity contribution >= 4 is 26.2 Å². The summed E-state index contributed by atoms with van der Waals surface area (Å²) < 4.78 is 16.4. The number of hydrogen-bond donors (Lipinski definition) is 6. The van der Waals surface area contributed by atoms with Crippen LogP contribution in [0, 0.1) is 0 Å². The minimum atomic E-state index is -2.86. The minimum absolute atomic E-state index is 0.0565. The Hall–Kier alpha value is -2.59. The van der Waals surface area contributed by atoms with Gasteiger partial charge in [-0.15, -0.1) is 9.42 Å². The van der Waals surface area contributed by atoms with E-state index in [1.54, 1.807) is 14.7 Å². The highest BCUT2D eigenvalue weighted by molar-refractivity contribution is 7.32. The van der Waals surface area contributed by atoms with E-state index >= 15 is 0 Å². The Morgan fingerprint density at radius 3 is 1.62 bits per heavy atom.